The molecule has 0 spiro atoms. The Bertz CT molecular complexity index is 3330. The SMILES string of the molecule is Oc1c(-c2ccc3ccc4cccc5ccc2c3c45)c(O)c(-c2cccc3c2oc2ccccc23)c(O)c1-c1ccc2ccc3cccc4ccc1c2c34. The van der Waals surface area contributed by atoms with Crippen LogP contribution in [0, 0.1) is 0 Å². The zero-order chi connectivity index (χ0) is 35.8. The quantitative estimate of drug-likeness (QED) is 0.161. The molecule has 0 saturated heterocycles. The molecule has 12 rings (SSSR count). The summed E-state index contributed by atoms with van der Waals surface area (Å²) < 4.78 is 6.48. The summed E-state index contributed by atoms with van der Waals surface area (Å²) in [6.07, 6.45) is 0. The largest absolute Gasteiger partial charge is 0.506 e. The number of aromatic hydroxyl groups is 3. The smallest absolute Gasteiger partial charge is 0.143 e. The van der Waals surface area contributed by atoms with Gasteiger partial charge in [-0.25, -0.2) is 0 Å². The van der Waals surface area contributed by atoms with Crippen LogP contribution in [-0.4, -0.2) is 15.3 Å². The Balaban J connectivity index is 1.25. The maximum Gasteiger partial charge on any atom is 0.143 e. The van der Waals surface area contributed by atoms with Gasteiger partial charge in [-0.2, -0.15) is 0 Å². The first-order valence-corrected chi connectivity index (χ1v) is 18.1. The van der Waals surface area contributed by atoms with Gasteiger partial charge in [0.25, 0.3) is 0 Å². The van der Waals surface area contributed by atoms with Crippen molar-refractivity contribution in [2.24, 2.45) is 0 Å². The number of furan rings is 1. The van der Waals surface area contributed by atoms with E-state index < -0.39 is 0 Å². The Kier molecular flexibility index (Phi) is 5.64. The van der Waals surface area contributed by atoms with Crippen LogP contribution in [0.4, 0.5) is 0 Å². The van der Waals surface area contributed by atoms with Crippen LogP contribution in [0.5, 0.6) is 17.2 Å². The standard InChI is InChI=1S/C50H28O4/c51-47-44(35-24-20-30-16-14-26-6-3-8-28-18-22-33(35)42(30)40(26)28)48(52)46(38-12-5-11-37-32-10-1-2-13-39(32)54-50(37)38)49(53)45(47)36-25-21-31-17-15-27-7-4-9-29-19-23-34(36)43(31)41(27)29/h1-25,51-53H. The zero-order valence-corrected chi connectivity index (χ0v) is 28.7. The summed E-state index contributed by atoms with van der Waals surface area (Å²) in [7, 11) is 0. The van der Waals surface area contributed by atoms with Crippen molar-refractivity contribution >= 4 is 86.6 Å². The number of hydrogen-bond acceptors (Lipinski definition) is 4. The second-order valence-electron chi connectivity index (χ2n) is 14.4. The average Bonchev–Trinajstić information content (AvgIpc) is 3.59. The summed E-state index contributed by atoms with van der Waals surface area (Å²) in [6, 6.07) is 51.0. The van der Waals surface area contributed by atoms with Gasteiger partial charge in [0.05, 0.1) is 16.7 Å². The first-order chi connectivity index (χ1) is 26.5. The van der Waals surface area contributed by atoms with Crippen LogP contribution in [0.25, 0.3) is 120 Å². The molecular weight excluding hydrogens is 665 g/mol. The van der Waals surface area contributed by atoms with Gasteiger partial charge in [-0.1, -0.05) is 146 Å². The average molecular weight is 693 g/mol. The van der Waals surface area contributed by atoms with Crippen molar-refractivity contribution in [1.82, 2.24) is 0 Å². The molecule has 0 amide bonds. The number of hydrogen-bond donors (Lipinski definition) is 3. The molecule has 0 unspecified atom stereocenters. The highest BCUT2D eigenvalue weighted by atomic mass is 16.3. The summed E-state index contributed by atoms with van der Waals surface area (Å²) >= 11 is 0. The van der Waals surface area contributed by atoms with Gasteiger partial charge >= 0.3 is 0 Å². The Morgan fingerprint density at radius 1 is 0.296 bits per heavy atom. The molecule has 0 aliphatic carbocycles. The van der Waals surface area contributed by atoms with Gasteiger partial charge in [0.2, 0.25) is 0 Å². The molecule has 0 aliphatic rings. The van der Waals surface area contributed by atoms with E-state index in [9.17, 15) is 15.3 Å². The molecule has 0 atom stereocenters. The molecule has 0 bridgehead atoms. The second kappa shape index (κ2) is 10.4. The van der Waals surface area contributed by atoms with Crippen LogP contribution in [0.15, 0.2) is 156 Å². The van der Waals surface area contributed by atoms with E-state index in [1.54, 1.807) is 0 Å². The van der Waals surface area contributed by atoms with Crippen LogP contribution in [0.1, 0.15) is 0 Å². The molecular formula is C50H28O4. The predicted octanol–water partition coefficient (Wildman–Crippen LogP) is 13.5. The first kappa shape index (κ1) is 29.3. The lowest BCUT2D eigenvalue weighted by Crippen LogP contribution is -1.95. The fourth-order valence-corrected chi connectivity index (χ4v) is 9.33. The molecule has 0 saturated carbocycles. The number of benzene rings is 11. The molecule has 12 aromatic rings. The third-order valence-corrected chi connectivity index (χ3v) is 11.7. The summed E-state index contributed by atoms with van der Waals surface area (Å²) in [5.41, 5.74) is 3.77. The van der Waals surface area contributed by atoms with Crippen LogP contribution in [-0.2, 0) is 0 Å². The first-order valence-electron chi connectivity index (χ1n) is 18.1. The van der Waals surface area contributed by atoms with E-state index in [0.717, 1.165) is 75.4 Å². The van der Waals surface area contributed by atoms with E-state index >= 15 is 0 Å². The minimum Gasteiger partial charge on any atom is -0.506 e. The van der Waals surface area contributed by atoms with Crippen LogP contribution in [0.3, 0.4) is 0 Å². The lowest BCUT2D eigenvalue weighted by Gasteiger charge is -2.22. The maximum absolute atomic E-state index is 12.7. The molecule has 252 valence electrons. The molecule has 3 N–H and O–H groups in total. The molecule has 4 heteroatoms. The topological polar surface area (TPSA) is 73.8 Å². The molecule has 1 aromatic heterocycles. The summed E-state index contributed by atoms with van der Waals surface area (Å²) in [4.78, 5) is 0. The van der Waals surface area contributed by atoms with E-state index in [4.69, 9.17) is 4.42 Å². The van der Waals surface area contributed by atoms with Crippen molar-refractivity contribution in [3.05, 3.63) is 152 Å². The van der Waals surface area contributed by atoms with Gasteiger partial charge in [0, 0.05) is 16.3 Å². The van der Waals surface area contributed by atoms with Gasteiger partial charge in [0.15, 0.2) is 0 Å². The Morgan fingerprint density at radius 2 is 0.704 bits per heavy atom. The molecule has 11 aromatic carbocycles. The van der Waals surface area contributed by atoms with E-state index in [1.807, 2.05) is 66.7 Å². The highest BCUT2D eigenvalue weighted by Crippen LogP contribution is 2.59. The maximum atomic E-state index is 12.7. The molecule has 54 heavy (non-hydrogen) atoms. The highest BCUT2D eigenvalue weighted by molar-refractivity contribution is 6.28. The van der Waals surface area contributed by atoms with Crippen molar-refractivity contribution in [2.75, 3.05) is 0 Å². The Hall–Kier alpha value is -7.30. The normalized spacial score (nSPS) is 12.3. The highest BCUT2D eigenvalue weighted by Gasteiger charge is 2.30. The molecule has 4 nitrogen and oxygen atoms in total. The molecule has 0 fully saturated rings. The van der Waals surface area contributed by atoms with Gasteiger partial charge in [-0.15, -0.1) is 0 Å². The van der Waals surface area contributed by atoms with Crippen LogP contribution >= 0.6 is 0 Å². The number of fused-ring (bicyclic) bond motifs is 3. The summed E-state index contributed by atoms with van der Waals surface area (Å²) in [5.74, 6) is -0.653. The minimum absolute atomic E-state index is 0.193. The molecule has 1 heterocycles. The Labute approximate surface area is 307 Å². The van der Waals surface area contributed by atoms with Crippen LogP contribution in [0.2, 0.25) is 0 Å². The number of para-hydroxylation sites is 2. The van der Waals surface area contributed by atoms with E-state index in [-0.39, 0.29) is 33.9 Å². The van der Waals surface area contributed by atoms with Crippen molar-refractivity contribution in [2.45, 2.75) is 0 Å². The summed E-state index contributed by atoms with van der Waals surface area (Å²) in [5, 5.41) is 52.5. The zero-order valence-electron chi connectivity index (χ0n) is 28.7. The number of rotatable bonds is 3. The van der Waals surface area contributed by atoms with E-state index in [0.29, 0.717) is 27.9 Å². The molecule has 0 radical (unpaired) electrons. The van der Waals surface area contributed by atoms with E-state index in [2.05, 4.69) is 84.9 Å². The fourth-order valence-electron chi connectivity index (χ4n) is 9.33. The minimum atomic E-state index is -0.227. The summed E-state index contributed by atoms with van der Waals surface area (Å²) in [6.45, 7) is 0. The van der Waals surface area contributed by atoms with Crippen molar-refractivity contribution in [1.29, 1.82) is 0 Å². The monoisotopic (exact) mass is 692 g/mol. The van der Waals surface area contributed by atoms with Gasteiger partial charge < -0.3 is 19.7 Å². The van der Waals surface area contributed by atoms with Gasteiger partial charge in [-0.3, -0.25) is 0 Å². The van der Waals surface area contributed by atoms with Gasteiger partial charge in [-0.05, 0) is 81.8 Å². The predicted molar refractivity (Wildman–Crippen MR) is 222 cm³/mol. The Morgan fingerprint density at radius 3 is 1.24 bits per heavy atom. The van der Waals surface area contributed by atoms with E-state index in [1.165, 1.54) is 0 Å². The fraction of sp³-hybridized carbons (Fsp3) is 0. The van der Waals surface area contributed by atoms with Crippen molar-refractivity contribution < 1.29 is 19.7 Å². The van der Waals surface area contributed by atoms with Crippen LogP contribution < -0.4 is 0 Å². The van der Waals surface area contributed by atoms with Crippen molar-refractivity contribution in [3.63, 3.8) is 0 Å². The number of phenols is 3. The number of phenolic OH excluding ortho intramolecular Hbond substituents is 3. The second-order valence-corrected chi connectivity index (χ2v) is 14.4. The molecule has 0 aliphatic heterocycles. The third kappa shape index (κ3) is 3.71. The lowest BCUT2D eigenvalue weighted by molar-refractivity contribution is 0.436. The lowest BCUT2D eigenvalue weighted by atomic mass is 9.84. The third-order valence-electron chi connectivity index (χ3n) is 11.7. The van der Waals surface area contributed by atoms with Crippen molar-refractivity contribution in [3.8, 4) is 50.6 Å². The van der Waals surface area contributed by atoms with Gasteiger partial charge in [0.1, 0.15) is 28.4 Å².